The van der Waals surface area contributed by atoms with Gasteiger partial charge in [0.25, 0.3) is 0 Å². The predicted octanol–water partition coefficient (Wildman–Crippen LogP) is 2.81. The van der Waals surface area contributed by atoms with E-state index in [1.807, 2.05) is 24.3 Å². The van der Waals surface area contributed by atoms with E-state index in [1.54, 1.807) is 25.4 Å². The van der Waals surface area contributed by atoms with E-state index < -0.39 is 0 Å². The van der Waals surface area contributed by atoms with Crippen molar-refractivity contribution in [3.63, 3.8) is 0 Å². The molecule has 0 bridgehead atoms. The van der Waals surface area contributed by atoms with Crippen LogP contribution in [0.5, 0.6) is 11.5 Å². The number of methoxy groups -OCH3 is 1. The third kappa shape index (κ3) is 2.49. The van der Waals surface area contributed by atoms with Crippen LogP contribution in [-0.2, 0) is 6.61 Å². The van der Waals surface area contributed by atoms with Crippen molar-refractivity contribution in [3.05, 3.63) is 48.5 Å². The first-order chi connectivity index (χ1) is 9.35. The summed E-state index contributed by atoms with van der Waals surface area (Å²) in [7, 11) is 1.62. The third-order valence-electron chi connectivity index (χ3n) is 2.61. The molecule has 0 radical (unpaired) electrons. The Bertz CT molecular complexity index is 661. The highest BCUT2D eigenvalue weighted by molar-refractivity contribution is 5.66. The molecule has 0 unspecified atom stereocenters. The van der Waals surface area contributed by atoms with Crippen LogP contribution in [-0.4, -0.2) is 17.1 Å². The smallest absolute Gasteiger partial charge is 0.235 e. The molecule has 1 aromatic carbocycles. The second kappa shape index (κ2) is 4.97. The Kier molecular flexibility index (Phi) is 3.02. The van der Waals surface area contributed by atoms with Crippen molar-refractivity contribution in [2.45, 2.75) is 6.61 Å². The van der Waals surface area contributed by atoms with Gasteiger partial charge >= 0.3 is 0 Å². The molecule has 19 heavy (non-hydrogen) atoms. The normalized spacial score (nSPS) is 10.6. The average molecular weight is 256 g/mol. The van der Waals surface area contributed by atoms with E-state index in [9.17, 15) is 0 Å². The van der Waals surface area contributed by atoms with E-state index >= 15 is 0 Å². The fourth-order valence-electron chi connectivity index (χ4n) is 1.71. The summed E-state index contributed by atoms with van der Waals surface area (Å²) in [4.78, 5) is 8.34. The van der Waals surface area contributed by atoms with E-state index in [0.717, 1.165) is 5.75 Å². The molecule has 5 nitrogen and oxygen atoms in total. The zero-order valence-corrected chi connectivity index (χ0v) is 10.4. The van der Waals surface area contributed by atoms with E-state index in [2.05, 4.69) is 9.97 Å². The summed E-state index contributed by atoms with van der Waals surface area (Å²) in [5.41, 5.74) is 1.25. The fraction of sp³-hybridized carbons (Fsp3) is 0.143. The Balaban J connectivity index is 1.74. The lowest BCUT2D eigenvalue weighted by Crippen LogP contribution is -1.95. The Morgan fingerprint density at radius 3 is 2.89 bits per heavy atom. The Morgan fingerprint density at radius 2 is 2.05 bits per heavy atom. The number of hydrogen-bond acceptors (Lipinski definition) is 5. The maximum absolute atomic E-state index is 5.60. The number of benzene rings is 1. The summed E-state index contributed by atoms with van der Waals surface area (Å²) in [5.74, 6) is 1.95. The molecule has 0 amide bonds. The van der Waals surface area contributed by atoms with E-state index in [1.165, 1.54) is 0 Å². The number of pyridine rings is 1. The molecule has 0 saturated carbocycles. The SMILES string of the molecule is COc1cccc(OCc2nc3ncccc3o2)c1. The van der Waals surface area contributed by atoms with Gasteiger partial charge in [-0.25, -0.2) is 4.98 Å². The molecular weight excluding hydrogens is 244 g/mol. The van der Waals surface area contributed by atoms with Crippen LogP contribution in [0.25, 0.3) is 11.2 Å². The number of rotatable bonds is 4. The van der Waals surface area contributed by atoms with Gasteiger partial charge in [0.2, 0.25) is 5.89 Å². The van der Waals surface area contributed by atoms with Crippen LogP contribution in [0.2, 0.25) is 0 Å². The number of aromatic nitrogens is 2. The van der Waals surface area contributed by atoms with Gasteiger partial charge in [-0.3, -0.25) is 0 Å². The maximum Gasteiger partial charge on any atom is 0.235 e. The Labute approximate surface area is 109 Å². The van der Waals surface area contributed by atoms with Crippen LogP contribution in [0, 0.1) is 0 Å². The van der Waals surface area contributed by atoms with Gasteiger partial charge < -0.3 is 13.9 Å². The van der Waals surface area contributed by atoms with Gasteiger partial charge in [0.1, 0.15) is 11.5 Å². The zero-order valence-electron chi connectivity index (χ0n) is 10.4. The quantitative estimate of drug-likeness (QED) is 0.718. The third-order valence-corrected chi connectivity index (χ3v) is 2.61. The van der Waals surface area contributed by atoms with Crippen LogP contribution < -0.4 is 9.47 Å². The molecule has 0 aliphatic rings. The van der Waals surface area contributed by atoms with Crippen LogP contribution >= 0.6 is 0 Å². The molecule has 0 aliphatic heterocycles. The highest BCUT2D eigenvalue weighted by atomic mass is 16.5. The number of fused-ring (bicyclic) bond motifs is 1. The zero-order chi connectivity index (χ0) is 13.1. The van der Waals surface area contributed by atoms with Crippen molar-refractivity contribution < 1.29 is 13.9 Å². The molecule has 0 atom stereocenters. The van der Waals surface area contributed by atoms with Crippen LogP contribution in [0.4, 0.5) is 0 Å². The second-order valence-electron chi connectivity index (χ2n) is 3.90. The topological polar surface area (TPSA) is 57.4 Å². The highest BCUT2D eigenvalue weighted by Gasteiger charge is 2.06. The van der Waals surface area contributed by atoms with Crippen LogP contribution in [0.15, 0.2) is 47.0 Å². The lowest BCUT2D eigenvalue weighted by atomic mass is 10.3. The minimum absolute atomic E-state index is 0.253. The van der Waals surface area contributed by atoms with Gasteiger partial charge in [0.05, 0.1) is 7.11 Å². The van der Waals surface area contributed by atoms with Gasteiger partial charge in [-0.2, -0.15) is 4.98 Å². The number of hydrogen-bond donors (Lipinski definition) is 0. The lowest BCUT2D eigenvalue weighted by Gasteiger charge is -2.05. The lowest BCUT2D eigenvalue weighted by molar-refractivity contribution is 0.266. The molecule has 2 heterocycles. The summed E-state index contributed by atoms with van der Waals surface area (Å²) in [5, 5.41) is 0. The monoisotopic (exact) mass is 256 g/mol. The van der Waals surface area contributed by atoms with Gasteiger partial charge in [-0.05, 0) is 24.3 Å². The van der Waals surface area contributed by atoms with Crippen molar-refractivity contribution in [2.75, 3.05) is 7.11 Å². The van der Waals surface area contributed by atoms with Gasteiger partial charge in [0, 0.05) is 12.3 Å². The predicted molar refractivity (Wildman–Crippen MR) is 69.1 cm³/mol. The second-order valence-corrected chi connectivity index (χ2v) is 3.90. The Morgan fingerprint density at radius 1 is 1.16 bits per heavy atom. The number of nitrogens with zero attached hydrogens (tertiary/aromatic N) is 2. The summed E-state index contributed by atoms with van der Waals surface area (Å²) in [6, 6.07) is 11.0. The van der Waals surface area contributed by atoms with Gasteiger partial charge in [-0.1, -0.05) is 6.07 Å². The first-order valence-electron chi connectivity index (χ1n) is 5.82. The molecule has 0 fully saturated rings. The maximum atomic E-state index is 5.60. The molecule has 96 valence electrons. The molecule has 0 spiro atoms. The minimum Gasteiger partial charge on any atom is -0.497 e. The van der Waals surface area contributed by atoms with Crippen LogP contribution in [0.3, 0.4) is 0 Å². The first kappa shape index (κ1) is 11.5. The van der Waals surface area contributed by atoms with Crippen molar-refractivity contribution in [1.82, 2.24) is 9.97 Å². The summed E-state index contributed by atoms with van der Waals surface area (Å²) in [6.07, 6.45) is 1.68. The summed E-state index contributed by atoms with van der Waals surface area (Å²) >= 11 is 0. The number of oxazole rings is 1. The van der Waals surface area contributed by atoms with Gasteiger partial charge in [-0.15, -0.1) is 0 Å². The standard InChI is InChI=1S/C14H12N2O3/c1-17-10-4-2-5-11(8-10)18-9-13-16-14-12(19-13)6-3-7-15-14/h2-8H,9H2,1H3. The average Bonchev–Trinajstić information content (AvgIpc) is 2.88. The molecule has 3 rings (SSSR count). The highest BCUT2D eigenvalue weighted by Crippen LogP contribution is 2.20. The largest absolute Gasteiger partial charge is 0.497 e. The molecule has 5 heteroatoms. The van der Waals surface area contributed by atoms with Gasteiger partial charge in [0.15, 0.2) is 17.8 Å². The molecule has 0 saturated heterocycles. The molecule has 0 N–H and O–H groups in total. The summed E-state index contributed by atoms with van der Waals surface area (Å²) in [6.45, 7) is 0.253. The number of ether oxygens (including phenoxy) is 2. The van der Waals surface area contributed by atoms with Crippen molar-refractivity contribution in [1.29, 1.82) is 0 Å². The van der Waals surface area contributed by atoms with E-state index in [-0.39, 0.29) is 6.61 Å². The van der Waals surface area contributed by atoms with Crippen molar-refractivity contribution in [2.24, 2.45) is 0 Å². The molecule has 2 aromatic heterocycles. The van der Waals surface area contributed by atoms with Crippen molar-refractivity contribution in [3.8, 4) is 11.5 Å². The van der Waals surface area contributed by atoms with Crippen LogP contribution in [0.1, 0.15) is 5.89 Å². The molecule has 0 aliphatic carbocycles. The molecule has 3 aromatic rings. The van der Waals surface area contributed by atoms with E-state index in [0.29, 0.717) is 22.9 Å². The minimum atomic E-state index is 0.253. The summed E-state index contributed by atoms with van der Waals surface area (Å²) < 4.78 is 16.2. The van der Waals surface area contributed by atoms with E-state index in [4.69, 9.17) is 13.9 Å². The first-order valence-corrected chi connectivity index (χ1v) is 5.82. The fourth-order valence-corrected chi connectivity index (χ4v) is 1.71. The Hall–Kier alpha value is -2.56. The van der Waals surface area contributed by atoms with Crippen molar-refractivity contribution >= 4 is 11.2 Å². The molecular formula is C14H12N2O3.